The molecule has 0 heterocycles. The summed E-state index contributed by atoms with van der Waals surface area (Å²) in [7, 11) is -10.0. The summed E-state index contributed by atoms with van der Waals surface area (Å²) in [6, 6.07) is 4.28. The van der Waals surface area contributed by atoms with Crippen LogP contribution in [0.1, 0.15) is 20.7 Å². The molecule has 0 bridgehead atoms. The number of carbonyl (C=O) groups is 2. The van der Waals surface area contributed by atoms with Gasteiger partial charge in [-0.25, -0.2) is 0 Å². The monoisotopic (exact) mass is 462 g/mol. The Labute approximate surface area is 208 Å². The van der Waals surface area contributed by atoms with E-state index >= 15 is 0 Å². The molecule has 0 radical (unpaired) electrons. The average molecular weight is 462 g/mol. The first kappa shape index (κ1) is 28.0. The zero-order chi connectivity index (χ0) is 20.6. The second-order valence-corrected chi connectivity index (χ2v) is 7.73. The Morgan fingerprint density at radius 2 is 1.03 bits per heavy atom. The summed E-state index contributed by atoms with van der Waals surface area (Å²) in [5.74, 6) is -4.92. The second kappa shape index (κ2) is 10.3. The SMILES string of the molecule is O=C([O-])c1ccc(Oc2ccc(C(=O)[O-])cc2S(=O)(=O)O)c(S(=O)(=O)O)c1.[Na+].[Na+]. The van der Waals surface area contributed by atoms with Crippen LogP contribution >= 0.6 is 0 Å². The normalized spacial score (nSPS) is 11.0. The fourth-order valence-electron chi connectivity index (χ4n) is 1.96. The van der Waals surface area contributed by atoms with E-state index in [-0.39, 0.29) is 59.1 Å². The van der Waals surface area contributed by atoms with Crippen LogP contribution in [0.25, 0.3) is 0 Å². The summed E-state index contributed by atoms with van der Waals surface area (Å²) in [5.41, 5.74) is -1.26. The van der Waals surface area contributed by atoms with Crippen molar-refractivity contribution in [2.24, 2.45) is 0 Å². The van der Waals surface area contributed by atoms with E-state index in [0.29, 0.717) is 12.1 Å². The van der Waals surface area contributed by atoms with Crippen LogP contribution in [0.15, 0.2) is 46.2 Å². The van der Waals surface area contributed by atoms with Crippen molar-refractivity contribution in [3.8, 4) is 11.5 Å². The molecule has 0 saturated heterocycles. The first-order valence-corrected chi connectivity index (χ1v) is 9.52. The molecule has 2 aromatic carbocycles. The van der Waals surface area contributed by atoms with E-state index in [1.165, 1.54) is 0 Å². The van der Waals surface area contributed by atoms with Gasteiger partial charge in [0.15, 0.2) is 0 Å². The Kier molecular flexibility index (Phi) is 9.99. The first-order chi connectivity index (χ1) is 12.3. The smallest absolute Gasteiger partial charge is 0.545 e. The molecular weight excluding hydrogens is 454 g/mol. The van der Waals surface area contributed by atoms with Gasteiger partial charge in [0.1, 0.15) is 21.3 Å². The van der Waals surface area contributed by atoms with E-state index in [1.807, 2.05) is 0 Å². The Morgan fingerprint density at radius 1 is 0.724 bits per heavy atom. The molecule has 11 nitrogen and oxygen atoms in total. The van der Waals surface area contributed by atoms with Crippen molar-refractivity contribution >= 4 is 32.2 Å². The third kappa shape index (κ3) is 7.03. The van der Waals surface area contributed by atoms with Crippen LogP contribution in [0.4, 0.5) is 0 Å². The number of carboxylic acids is 2. The molecule has 0 saturated carbocycles. The number of rotatable bonds is 6. The fourth-order valence-corrected chi connectivity index (χ4v) is 3.24. The minimum absolute atomic E-state index is 0. The predicted octanol–water partition coefficient (Wildman–Crippen LogP) is -7.29. The number of carbonyl (C=O) groups excluding carboxylic acids is 2. The van der Waals surface area contributed by atoms with Gasteiger partial charge in [-0.15, -0.1) is 0 Å². The van der Waals surface area contributed by atoms with E-state index in [4.69, 9.17) is 4.74 Å². The largest absolute Gasteiger partial charge is 1.00 e. The third-order valence-electron chi connectivity index (χ3n) is 3.13. The maximum atomic E-state index is 11.5. The summed E-state index contributed by atoms with van der Waals surface area (Å²) in [6.07, 6.45) is 0. The number of benzene rings is 2. The van der Waals surface area contributed by atoms with Crippen molar-refractivity contribution in [1.29, 1.82) is 0 Å². The van der Waals surface area contributed by atoms with Crippen molar-refractivity contribution in [2.45, 2.75) is 9.79 Å². The molecule has 0 aliphatic rings. The quantitative estimate of drug-likeness (QED) is 0.305. The first-order valence-electron chi connectivity index (χ1n) is 6.64. The van der Waals surface area contributed by atoms with Crippen molar-refractivity contribution in [3.05, 3.63) is 47.5 Å². The Hall–Kier alpha value is -1.00. The maximum Gasteiger partial charge on any atom is 1.00 e. The maximum absolute atomic E-state index is 11.5. The molecule has 0 atom stereocenters. The van der Waals surface area contributed by atoms with Crippen LogP contribution in [-0.4, -0.2) is 37.9 Å². The van der Waals surface area contributed by atoms with E-state index in [2.05, 4.69) is 0 Å². The van der Waals surface area contributed by atoms with Gasteiger partial charge in [0, 0.05) is 0 Å². The van der Waals surface area contributed by atoms with Gasteiger partial charge in [-0.2, -0.15) is 16.8 Å². The van der Waals surface area contributed by atoms with Gasteiger partial charge in [-0.05, 0) is 47.5 Å². The van der Waals surface area contributed by atoms with Crippen molar-refractivity contribution < 1.29 is 110 Å². The number of carboxylic acid groups (broad SMARTS) is 2. The molecule has 15 heteroatoms. The Balaban J connectivity index is 0.00000392. The van der Waals surface area contributed by atoms with Crippen LogP contribution in [0, 0.1) is 0 Å². The molecule has 144 valence electrons. The van der Waals surface area contributed by atoms with Gasteiger partial charge in [-0.1, -0.05) is 0 Å². The van der Waals surface area contributed by atoms with Crippen LogP contribution < -0.4 is 74.1 Å². The summed E-state index contributed by atoms with van der Waals surface area (Å²) >= 11 is 0. The summed E-state index contributed by atoms with van der Waals surface area (Å²) in [5, 5.41) is 21.7. The van der Waals surface area contributed by atoms with Crippen molar-refractivity contribution in [1.82, 2.24) is 0 Å². The molecule has 0 fully saturated rings. The molecule has 29 heavy (non-hydrogen) atoms. The average Bonchev–Trinajstić information content (AvgIpc) is 2.53. The van der Waals surface area contributed by atoms with Gasteiger partial charge < -0.3 is 24.5 Å². The van der Waals surface area contributed by atoms with Crippen LogP contribution in [0.5, 0.6) is 11.5 Å². The van der Waals surface area contributed by atoms with Gasteiger partial charge >= 0.3 is 59.1 Å². The Morgan fingerprint density at radius 3 is 1.28 bits per heavy atom. The minimum atomic E-state index is -5.01. The molecule has 2 N–H and O–H groups in total. The molecule has 0 unspecified atom stereocenters. The number of ether oxygens (including phenoxy) is 1. The zero-order valence-corrected chi connectivity index (χ0v) is 20.5. The van der Waals surface area contributed by atoms with Crippen LogP contribution in [0.3, 0.4) is 0 Å². The number of hydrogen-bond acceptors (Lipinski definition) is 9. The van der Waals surface area contributed by atoms with E-state index in [9.17, 15) is 45.7 Å². The number of aromatic carboxylic acids is 2. The summed E-state index contributed by atoms with van der Waals surface area (Å²) < 4.78 is 69.3. The molecule has 2 aromatic rings. The summed E-state index contributed by atoms with van der Waals surface area (Å²) in [6.45, 7) is 0. The molecule has 0 aliphatic heterocycles. The third-order valence-corrected chi connectivity index (χ3v) is 4.88. The van der Waals surface area contributed by atoms with Gasteiger partial charge in [0.25, 0.3) is 20.2 Å². The van der Waals surface area contributed by atoms with E-state index in [1.54, 1.807) is 0 Å². The predicted molar refractivity (Wildman–Crippen MR) is 81.2 cm³/mol. The van der Waals surface area contributed by atoms with Gasteiger partial charge in [0.2, 0.25) is 0 Å². The molecule has 0 spiro atoms. The zero-order valence-electron chi connectivity index (χ0n) is 14.8. The van der Waals surface area contributed by atoms with E-state index in [0.717, 1.165) is 24.3 Å². The molecule has 2 rings (SSSR count). The van der Waals surface area contributed by atoms with E-state index < -0.39 is 64.6 Å². The molecule has 0 amide bonds. The van der Waals surface area contributed by atoms with Gasteiger partial charge in [-0.3, -0.25) is 9.11 Å². The fraction of sp³-hybridized carbons (Fsp3) is 0. The van der Waals surface area contributed by atoms with Gasteiger partial charge in [0.05, 0.1) is 11.9 Å². The van der Waals surface area contributed by atoms with Crippen molar-refractivity contribution in [3.63, 3.8) is 0 Å². The second-order valence-electron chi connectivity index (χ2n) is 4.95. The number of hydrogen-bond donors (Lipinski definition) is 2. The summed E-state index contributed by atoms with van der Waals surface area (Å²) in [4.78, 5) is 19.6. The topological polar surface area (TPSA) is 198 Å². The molecular formula is C14H8Na2O11S2. The van der Waals surface area contributed by atoms with Crippen LogP contribution in [-0.2, 0) is 20.2 Å². The molecule has 0 aliphatic carbocycles. The van der Waals surface area contributed by atoms with Crippen molar-refractivity contribution in [2.75, 3.05) is 0 Å². The Bertz CT molecular complexity index is 1070. The minimum Gasteiger partial charge on any atom is -0.545 e. The molecule has 0 aromatic heterocycles. The standard InChI is InChI=1S/C14H10O11S2.2Na/c15-13(16)7-1-3-9(11(5-7)26(19,20)21)25-10-4-2-8(14(17)18)6-12(10)27(22,23)24;;/h1-6H,(H,15,16)(H,17,18)(H,19,20,21)(H,22,23,24);;/q;2*+1/p-2. The van der Waals surface area contributed by atoms with Crippen LogP contribution in [0.2, 0.25) is 0 Å².